The number of aliphatic hydroxyl groups is 1. The second-order valence-corrected chi connectivity index (χ2v) is 4.06. The van der Waals surface area contributed by atoms with Crippen LogP contribution < -0.4 is 5.32 Å². The second-order valence-electron chi connectivity index (χ2n) is 4.06. The smallest absolute Gasteiger partial charge is 0.151 e. The van der Waals surface area contributed by atoms with Gasteiger partial charge in [-0.15, -0.1) is 0 Å². The lowest BCUT2D eigenvalue weighted by molar-refractivity contribution is -0.0839. The Balaban J connectivity index is 1.95. The fraction of sp³-hybridized carbons (Fsp3) is 0.583. The number of nitrogens with one attached hydrogen (secondary N) is 1. The summed E-state index contributed by atoms with van der Waals surface area (Å²) >= 11 is 0. The number of ether oxygens (including phenoxy) is 1. The molecule has 0 bridgehead atoms. The molecule has 88 valence electrons. The van der Waals surface area contributed by atoms with Crippen molar-refractivity contribution in [2.45, 2.75) is 32.5 Å². The summed E-state index contributed by atoms with van der Waals surface area (Å²) < 4.78 is 5.08. The molecule has 0 fully saturated rings. The van der Waals surface area contributed by atoms with E-state index in [9.17, 15) is 0 Å². The lowest BCUT2D eigenvalue weighted by Crippen LogP contribution is -2.15. The van der Waals surface area contributed by atoms with Crippen LogP contribution in [0, 0.1) is 0 Å². The first-order chi connectivity index (χ1) is 7.75. The third-order valence-corrected chi connectivity index (χ3v) is 2.67. The number of pyridine rings is 1. The van der Waals surface area contributed by atoms with Gasteiger partial charge in [-0.25, -0.2) is 4.98 Å². The third kappa shape index (κ3) is 2.93. The maximum Gasteiger partial charge on any atom is 0.151 e. The fourth-order valence-electron chi connectivity index (χ4n) is 1.84. The maximum absolute atomic E-state index is 8.97. The van der Waals surface area contributed by atoms with E-state index in [4.69, 9.17) is 9.84 Å². The van der Waals surface area contributed by atoms with Crippen molar-refractivity contribution in [1.82, 2.24) is 4.98 Å². The Morgan fingerprint density at radius 3 is 3.25 bits per heavy atom. The predicted molar refractivity (Wildman–Crippen MR) is 62.4 cm³/mol. The molecule has 0 radical (unpaired) electrons. The Morgan fingerprint density at radius 2 is 2.44 bits per heavy atom. The summed E-state index contributed by atoms with van der Waals surface area (Å²) in [6.07, 6.45) is 2.33. The summed E-state index contributed by atoms with van der Waals surface area (Å²) in [6, 6.07) is 4.17. The minimum absolute atomic E-state index is 0.503. The molecule has 0 saturated heterocycles. The number of anilines is 1. The summed E-state index contributed by atoms with van der Waals surface area (Å²) in [5, 5.41) is 12.3. The van der Waals surface area contributed by atoms with E-state index in [1.54, 1.807) is 6.92 Å². The second kappa shape index (κ2) is 5.27. The Hall–Kier alpha value is -1.13. The molecule has 2 N–H and O–H groups in total. The largest absolute Gasteiger partial charge is 0.370 e. The van der Waals surface area contributed by atoms with Crippen LogP contribution in [0.15, 0.2) is 12.1 Å². The summed E-state index contributed by atoms with van der Waals surface area (Å²) in [5.41, 5.74) is 2.31. The molecule has 1 aliphatic heterocycles. The molecule has 4 nitrogen and oxygen atoms in total. The molecular formula is C12H18N2O2. The lowest BCUT2D eigenvalue weighted by Gasteiger charge is -2.17. The van der Waals surface area contributed by atoms with Crippen LogP contribution in [-0.4, -0.2) is 29.5 Å². The minimum atomic E-state index is -0.698. The van der Waals surface area contributed by atoms with Crippen LogP contribution in [0.3, 0.4) is 0 Å². The number of nitrogens with zero attached hydrogens (tertiary/aromatic N) is 1. The molecule has 0 saturated carbocycles. The van der Waals surface area contributed by atoms with Crippen LogP contribution in [0.2, 0.25) is 0 Å². The van der Waals surface area contributed by atoms with Crippen LogP contribution in [0.25, 0.3) is 0 Å². The van der Waals surface area contributed by atoms with Gasteiger partial charge in [-0.3, -0.25) is 0 Å². The lowest BCUT2D eigenvalue weighted by atomic mass is 10.1. The van der Waals surface area contributed by atoms with Gasteiger partial charge >= 0.3 is 0 Å². The van der Waals surface area contributed by atoms with E-state index in [-0.39, 0.29) is 0 Å². The van der Waals surface area contributed by atoms with E-state index in [0.717, 1.165) is 30.9 Å². The van der Waals surface area contributed by atoms with Crippen molar-refractivity contribution in [3.05, 3.63) is 23.4 Å². The van der Waals surface area contributed by atoms with Crippen LogP contribution in [0.5, 0.6) is 0 Å². The van der Waals surface area contributed by atoms with E-state index >= 15 is 0 Å². The monoisotopic (exact) mass is 222 g/mol. The molecule has 0 spiro atoms. The fourth-order valence-corrected chi connectivity index (χ4v) is 1.84. The third-order valence-electron chi connectivity index (χ3n) is 2.67. The van der Waals surface area contributed by atoms with Crippen molar-refractivity contribution in [3.8, 4) is 0 Å². The molecule has 1 aromatic rings. The van der Waals surface area contributed by atoms with Crippen molar-refractivity contribution in [2.24, 2.45) is 0 Å². The van der Waals surface area contributed by atoms with E-state index in [0.29, 0.717) is 6.61 Å². The molecular weight excluding hydrogens is 204 g/mol. The van der Waals surface area contributed by atoms with E-state index in [1.165, 1.54) is 12.0 Å². The first kappa shape index (κ1) is 11.4. The van der Waals surface area contributed by atoms with E-state index in [1.807, 2.05) is 6.07 Å². The number of aliphatic hydroxyl groups excluding tert-OH is 1. The van der Waals surface area contributed by atoms with Gasteiger partial charge < -0.3 is 15.2 Å². The quantitative estimate of drug-likeness (QED) is 0.755. The normalized spacial score (nSPS) is 16.4. The van der Waals surface area contributed by atoms with E-state index in [2.05, 4.69) is 16.4 Å². The van der Waals surface area contributed by atoms with Crippen molar-refractivity contribution >= 4 is 5.82 Å². The van der Waals surface area contributed by atoms with Crippen molar-refractivity contribution in [2.75, 3.05) is 18.5 Å². The molecule has 0 aromatic carbocycles. The highest BCUT2D eigenvalue weighted by Crippen LogP contribution is 2.19. The predicted octanol–water partition coefficient (Wildman–Crippen LogP) is 1.34. The van der Waals surface area contributed by atoms with Gasteiger partial charge in [0.25, 0.3) is 0 Å². The van der Waals surface area contributed by atoms with Gasteiger partial charge in [0.1, 0.15) is 5.82 Å². The van der Waals surface area contributed by atoms with Crippen molar-refractivity contribution < 1.29 is 9.84 Å². The standard InChI is InChI=1S/C12H18N2O2/c1-9(15)16-8-6-11-5-4-10-3-2-7-13-12(10)14-11/h4-5,9,15H,2-3,6-8H2,1H3,(H,13,14). The molecule has 2 rings (SSSR count). The van der Waals surface area contributed by atoms with Crippen LogP contribution >= 0.6 is 0 Å². The first-order valence-electron chi connectivity index (χ1n) is 5.78. The average Bonchev–Trinajstić information content (AvgIpc) is 2.28. The van der Waals surface area contributed by atoms with Gasteiger partial charge in [-0.2, -0.15) is 0 Å². The highest BCUT2D eigenvalue weighted by molar-refractivity contribution is 5.46. The summed E-state index contributed by atoms with van der Waals surface area (Å²) in [7, 11) is 0. The SMILES string of the molecule is CC(O)OCCc1ccc2c(n1)NCCC2. The van der Waals surface area contributed by atoms with Gasteiger partial charge in [0.2, 0.25) is 0 Å². The van der Waals surface area contributed by atoms with Crippen LogP contribution in [-0.2, 0) is 17.6 Å². The zero-order valence-electron chi connectivity index (χ0n) is 9.57. The van der Waals surface area contributed by atoms with Gasteiger partial charge in [-0.05, 0) is 31.4 Å². The van der Waals surface area contributed by atoms with Gasteiger partial charge in [0.05, 0.1) is 6.61 Å². The zero-order chi connectivity index (χ0) is 11.4. The Kier molecular flexibility index (Phi) is 3.74. The molecule has 1 aliphatic rings. The molecule has 0 amide bonds. The van der Waals surface area contributed by atoms with Crippen molar-refractivity contribution in [3.63, 3.8) is 0 Å². The van der Waals surface area contributed by atoms with Crippen LogP contribution in [0.1, 0.15) is 24.6 Å². The number of aryl methyl sites for hydroxylation is 1. The zero-order valence-corrected chi connectivity index (χ0v) is 9.57. The molecule has 1 atom stereocenters. The van der Waals surface area contributed by atoms with Gasteiger partial charge in [0.15, 0.2) is 6.29 Å². The highest BCUT2D eigenvalue weighted by atomic mass is 16.6. The Labute approximate surface area is 95.7 Å². The van der Waals surface area contributed by atoms with Crippen molar-refractivity contribution in [1.29, 1.82) is 0 Å². The number of rotatable bonds is 4. The molecule has 16 heavy (non-hydrogen) atoms. The Morgan fingerprint density at radius 1 is 1.56 bits per heavy atom. The highest BCUT2D eigenvalue weighted by Gasteiger charge is 2.10. The first-order valence-corrected chi connectivity index (χ1v) is 5.78. The minimum Gasteiger partial charge on any atom is -0.370 e. The average molecular weight is 222 g/mol. The molecule has 0 aliphatic carbocycles. The van der Waals surface area contributed by atoms with Crippen LogP contribution in [0.4, 0.5) is 5.82 Å². The Bertz CT molecular complexity index is 353. The maximum atomic E-state index is 8.97. The van der Waals surface area contributed by atoms with Gasteiger partial charge in [0, 0.05) is 18.7 Å². The van der Waals surface area contributed by atoms with Gasteiger partial charge in [-0.1, -0.05) is 6.07 Å². The number of hydrogen-bond acceptors (Lipinski definition) is 4. The molecule has 1 unspecified atom stereocenters. The summed E-state index contributed by atoms with van der Waals surface area (Å²) in [5.74, 6) is 1.01. The molecule has 4 heteroatoms. The number of fused-ring (bicyclic) bond motifs is 1. The summed E-state index contributed by atoms with van der Waals surface area (Å²) in [6.45, 7) is 3.12. The summed E-state index contributed by atoms with van der Waals surface area (Å²) in [4.78, 5) is 4.54. The van der Waals surface area contributed by atoms with E-state index < -0.39 is 6.29 Å². The topological polar surface area (TPSA) is 54.4 Å². The number of aromatic nitrogens is 1. The molecule has 1 aromatic heterocycles. The molecule has 2 heterocycles. The number of hydrogen-bond donors (Lipinski definition) is 2.